The van der Waals surface area contributed by atoms with Crippen molar-refractivity contribution in [3.05, 3.63) is 85.1 Å². The van der Waals surface area contributed by atoms with Gasteiger partial charge in [-0.3, -0.25) is 23.2 Å². The van der Waals surface area contributed by atoms with Crippen LogP contribution in [-0.4, -0.2) is 114 Å². The zero-order chi connectivity index (χ0) is 50.5. The minimum absolute atomic E-state index is 0.0113. The van der Waals surface area contributed by atoms with E-state index < -0.39 is 89.6 Å². The van der Waals surface area contributed by atoms with Crippen molar-refractivity contribution in [1.29, 1.82) is 0 Å². The Morgan fingerprint density at radius 3 is 1.71 bits per heavy atom. The van der Waals surface area contributed by atoms with Crippen LogP contribution in [0.3, 0.4) is 0 Å². The lowest BCUT2D eigenvalue weighted by atomic mass is 9.85. The maximum Gasteiger partial charge on any atom is 0.472 e. The summed E-state index contributed by atoms with van der Waals surface area (Å²) in [6, 6.07) is 0. The molecule has 1 fully saturated rings. The zero-order valence-corrected chi connectivity index (χ0v) is 41.9. The first-order valence-corrected chi connectivity index (χ1v) is 27.3. The molecule has 0 amide bonds. The predicted molar refractivity (Wildman–Crippen MR) is 261 cm³/mol. The van der Waals surface area contributed by atoms with E-state index in [-0.39, 0.29) is 12.8 Å². The molecule has 0 aromatic heterocycles. The van der Waals surface area contributed by atoms with Crippen LogP contribution in [-0.2, 0) is 41.8 Å². The smallest absolute Gasteiger partial charge is 0.462 e. The summed E-state index contributed by atoms with van der Waals surface area (Å²) >= 11 is 0. The monoisotopic (exact) mass is 1000 g/mol. The number of carbonyl (C=O) groups excluding carboxylic acids is 2. The van der Waals surface area contributed by atoms with Gasteiger partial charge in [-0.2, -0.15) is 0 Å². The first-order valence-electron chi connectivity index (χ1n) is 24.2. The quantitative estimate of drug-likeness (QED) is 0.00944. The highest BCUT2D eigenvalue weighted by Crippen LogP contribution is 2.49. The summed E-state index contributed by atoms with van der Waals surface area (Å²) in [7, 11) is -10.7. The average molecular weight is 1010 g/mol. The van der Waals surface area contributed by atoms with Crippen molar-refractivity contribution in [3.63, 3.8) is 0 Å². The fourth-order valence-corrected chi connectivity index (χ4v) is 8.32. The average Bonchev–Trinajstić information content (AvgIpc) is 3.29. The lowest BCUT2D eigenvalue weighted by Crippen LogP contribution is -2.64. The van der Waals surface area contributed by atoms with Gasteiger partial charge in [0.25, 0.3) is 0 Å². The van der Waals surface area contributed by atoms with Crippen LogP contribution in [0.25, 0.3) is 0 Å². The Morgan fingerprint density at radius 2 is 1.10 bits per heavy atom. The number of esters is 2. The van der Waals surface area contributed by atoms with Gasteiger partial charge in [0.05, 0.1) is 12.7 Å². The summed E-state index contributed by atoms with van der Waals surface area (Å²) in [6.45, 7) is 2.81. The van der Waals surface area contributed by atoms with E-state index in [4.69, 9.17) is 18.5 Å². The van der Waals surface area contributed by atoms with Crippen LogP contribution < -0.4 is 0 Å². The van der Waals surface area contributed by atoms with E-state index in [0.29, 0.717) is 25.7 Å². The summed E-state index contributed by atoms with van der Waals surface area (Å²) in [5.74, 6) is -1.34. The molecule has 0 bridgehead atoms. The maximum atomic E-state index is 13.0. The number of aliphatic hydroxyl groups excluding tert-OH is 5. The minimum Gasteiger partial charge on any atom is -0.462 e. The van der Waals surface area contributed by atoms with Crippen molar-refractivity contribution in [1.82, 2.24) is 0 Å². The van der Waals surface area contributed by atoms with E-state index in [2.05, 4.69) is 23.6 Å². The number of phosphoric acid groups is 2. The van der Waals surface area contributed by atoms with Gasteiger partial charge < -0.3 is 49.7 Å². The molecule has 6 unspecified atom stereocenters. The van der Waals surface area contributed by atoms with Gasteiger partial charge in [-0.15, -0.1) is 0 Å². The number of allylic oxidation sites excluding steroid dienone is 12. The second-order valence-corrected chi connectivity index (χ2v) is 19.2. The van der Waals surface area contributed by atoms with Crippen molar-refractivity contribution in [2.45, 2.75) is 198 Å². The van der Waals surface area contributed by atoms with Crippen LogP contribution in [0.1, 0.15) is 149 Å². The van der Waals surface area contributed by atoms with Crippen molar-refractivity contribution in [2.75, 3.05) is 13.2 Å². The standard InChI is InChI=1S/C49H82O17P2/c1-3-5-7-8-9-10-11-12-13-16-20-23-26-29-33-37-43(52)64-41(39-63-68(60,61)66-49-46(55)44(53)45(54)48(47(49)56)65-67(57,58)59)38-62-42(51)36-32-28-25-22-19-17-14-15-18-21-24-27-31-35-40(50)34-30-6-4-2/h6,10-11,15,17-19,24-25,27-28,30-31,35,40-41,44-50,53-56H,3-5,7-9,12-14,16,20-23,26,29,32-34,36-39H2,1-2H3,(H,60,61)(H2,57,58,59)/b11-10-,18-15-,19-17-,27-24+,28-25-,30-6-,35-31+/t40?,41-,44?,45?,46?,47?,48-,49+/m1/s1. The Kier molecular flexibility index (Phi) is 36.1. The van der Waals surface area contributed by atoms with E-state index in [1.807, 2.05) is 73.8 Å². The Balaban J connectivity index is 2.65. The van der Waals surface area contributed by atoms with Crippen LogP contribution in [0.15, 0.2) is 85.1 Å². The number of ether oxygens (including phenoxy) is 2. The fraction of sp³-hybridized carbons (Fsp3) is 0.673. The molecule has 1 rings (SSSR count). The number of unbranched alkanes of at least 4 members (excludes halogenated alkanes) is 11. The van der Waals surface area contributed by atoms with E-state index >= 15 is 0 Å². The number of hydrogen-bond donors (Lipinski definition) is 8. The van der Waals surface area contributed by atoms with Crippen molar-refractivity contribution >= 4 is 27.6 Å². The molecule has 19 heteroatoms. The number of hydrogen-bond acceptors (Lipinski definition) is 14. The Hall–Kier alpha value is -2.86. The highest BCUT2D eigenvalue weighted by molar-refractivity contribution is 7.47. The predicted octanol–water partition coefficient (Wildman–Crippen LogP) is 8.36. The molecule has 1 aliphatic carbocycles. The van der Waals surface area contributed by atoms with Crippen molar-refractivity contribution < 1.29 is 82.0 Å². The summed E-state index contributed by atoms with van der Waals surface area (Å²) in [4.78, 5) is 54.3. The molecule has 0 spiro atoms. The molecule has 0 radical (unpaired) electrons. The van der Waals surface area contributed by atoms with Crippen LogP contribution in [0.5, 0.6) is 0 Å². The fourth-order valence-electron chi connectivity index (χ4n) is 6.78. The first kappa shape index (κ1) is 63.2. The summed E-state index contributed by atoms with van der Waals surface area (Å²) in [6.07, 6.45) is 30.2. The van der Waals surface area contributed by atoms with Crippen LogP contribution >= 0.6 is 15.6 Å². The van der Waals surface area contributed by atoms with Gasteiger partial charge >= 0.3 is 27.6 Å². The van der Waals surface area contributed by atoms with Crippen LogP contribution in [0.4, 0.5) is 0 Å². The molecule has 0 aromatic rings. The third kappa shape index (κ3) is 32.9. The maximum absolute atomic E-state index is 13.0. The van der Waals surface area contributed by atoms with Crippen LogP contribution in [0, 0.1) is 0 Å². The third-order valence-electron chi connectivity index (χ3n) is 10.5. The van der Waals surface area contributed by atoms with Gasteiger partial charge in [0.2, 0.25) is 0 Å². The molecule has 0 aromatic carbocycles. The lowest BCUT2D eigenvalue weighted by Gasteiger charge is -2.43. The molecular formula is C49H82O17P2. The van der Waals surface area contributed by atoms with Crippen molar-refractivity contribution in [2.24, 2.45) is 0 Å². The Morgan fingerprint density at radius 1 is 0.559 bits per heavy atom. The van der Waals surface area contributed by atoms with E-state index in [1.54, 1.807) is 6.08 Å². The van der Waals surface area contributed by atoms with E-state index in [1.165, 1.54) is 25.7 Å². The molecule has 1 saturated carbocycles. The largest absolute Gasteiger partial charge is 0.472 e. The molecule has 0 heterocycles. The molecule has 0 saturated heterocycles. The molecule has 8 N–H and O–H groups in total. The van der Waals surface area contributed by atoms with Gasteiger partial charge in [-0.05, 0) is 70.6 Å². The number of carbonyl (C=O) groups is 2. The van der Waals surface area contributed by atoms with Gasteiger partial charge in [0.1, 0.15) is 43.2 Å². The lowest BCUT2D eigenvalue weighted by molar-refractivity contribution is -0.216. The highest BCUT2D eigenvalue weighted by Gasteiger charge is 2.54. The second-order valence-electron chi connectivity index (χ2n) is 16.6. The van der Waals surface area contributed by atoms with Gasteiger partial charge in [0, 0.05) is 12.8 Å². The van der Waals surface area contributed by atoms with Gasteiger partial charge in [-0.1, -0.05) is 150 Å². The number of rotatable bonds is 39. The Bertz CT molecular complexity index is 1650. The van der Waals surface area contributed by atoms with E-state index in [9.17, 15) is 58.9 Å². The minimum atomic E-state index is -5.38. The molecule has 0 aliphatic heterocycles. The molecule has 68 heavy (non-hydrogen) atoms. The van der Waals surface area contributed by atoms with E-state index in [0.717, 1.165) is 70.6 Å². The summed E-state index contributed by atoms with van der Waals surface area (Å²) in [5.41, 5.74) is 0. The highest BCUT2D eigenvalue weighted by atomic mass is 31.2. The molecular weight excluding hydrogens is 922 g/mol. The first-order chi connectivity index (χ1) is 32.5. The molecule has 1 aliphatic rings. The topological polar surface area (TPSA) is 276 Å². The van der Waals surface area contributed by atoms with Gasteiger partial charge in [0.15, 0.2) is 6.10 Å². The second kappa shape index (κ2) is 38.8. The Labute approximate surface area is 404 Å². The SMILES string of the molecule is CC/C=C\CC(O)/C=C/C=C/C/C=C\C/C=C\C/C=C\CCC(=O)OC[C@H](COP(=O)(O)O[C@H]1C(O)C(O)C(O)[C@@H](OP(=O)(O)O)C1O)OC(=O)CCCCCCCCC/C=C\CCCCCC. The van der Waals surface area contributed by atoms with Crippen LogP contribution in [0.2, 0.25) is 0 Å². The zero-order valence-electron chi connectivity index (χ0n) is 40.1. The number of aliphatic hydroxyl groups is 5. The number of phosphoric ester groups is 2. The van der Waals surface area contributed by atoms with Crippen molar-refractivity contribution in [3.8, 4) is 0 Å². The summed E-state index contributed by atoms with van der Waals surface area (Å²) < 4.78 is 49.3. The molecule has 17 nitrogen and oxygen atoms in total. The normalized spacial score (nSPS) is 22.4. The molecule has 390 valence electrons. The summed E-state index contributed by atoms with van der Waals surface area (Å²) in [5, 5.41) is 51.1. The third-order valence-corrected chi connectivity index (χ3v) is 12.1. The van der Waals surface area contributed by atoms with Gasteiger partial charge in [-0.25, -0.2) is 9.13 Å². The molecule has 9 atom stereocenters.